The molecule has 134 valence electrons. The standard InChI is InChI=1S/C22H28OS2/c1-3-5-10-17-13-14-20(23-15-6-4-2)19(16-17)22(25)21(24)18-11-8-7-9-12-18/h7-9,11-14,16,24-25H,3-6,10,15H2,1-2H3/b22-21-. The fourth-order valence-corrected chi connectivity index (χ4v) is 3.18. The molecule has 0 N–H and O–H groups in total. The molecule has 0 fully saturated rings. The second-order valence-electron chi connectivity index (χ2n) is 6.20. The van der Waals surface area contributed by atoms with Crippen molar-refractivity contribution >= 4 is 35.1 Å². The summed E-state index contributed by atoms with van der Waals surface area (Å²) in [5.74, 6) is 0.890. The van der Waals surface area contributed by atoms with E-state index in [-0.39, 0.29) is 0 Å². The van der Waals surface area contributed by atoms with Crippen molar-refractivity contribution < 1.29 is 4.74 Å². The smallest absolute Gasteiger partial charge is 0.127 e. The molecule has 0 aliphatic carbocycles. The molecule has 0 amide bonds. The van der Waals surface area contributed by atoms with Crippen molar-refractivity contribution in [3.05, 3.63) is 65.2 Å². The van der Waals surface area contributed by atoms with Crippen molar-refractivity contribution in [1.82, 2.24) is 0 Å². The summed E-state index contributed by atoms with van der Waals surface area (Å²) in [6.07, 6.45) is 5.63. The van der Waals surface area contributed by atoms with Gasteiger partial charge in [-0.3, -0.25) is 0 Å². The van der Waals surface area contributed by atoms with Crippen molar-refractivity contribution in [1.29, 1.82) is 0 Å². The molecule has 25 heavy (non-hydrogen) atoms. The molecule has 2 rings (SSSR count). The topological polar surface area (TPSA) is 9.23 Å². The number of rotatable bonds is 9. The van der Waals surface area contributed by atoms with E-state index >= 15 is 0 Å². The molecule has 0 atom stereocenters. The van der Waals surface area contributed by atoms with E-state index in [4.69, 9.17) is 30.0 Å². The van der Waals surface area contributed by atoms with Crippen LogP contribution in [0.15, 0.2) is 48.5 Å². The van der Waals surface area contributed by atoms with Gasteiger partial charge in [0, 0.05) is 15.4 Å². The van der Waals surface area contributed by atoms with Gasteiger partial charge in [-0.05, 0) is 42.5 Å². The summed E-state index contributed by atoms with van der Waals surface area (Å²) >= 11 is 9.54. The number of unbranched alkanes of at least 4 members (excludes halogenated alkanes) is 2. The monoisotopic (exact) mass is 372 g/mol. The molecule has 2 aromatic rings. The van der Waals surface area contributed by atoms with E-state index in [1.165, 1.54) is 18.4 Å². The predicted octanol–water partition coefficient (Wildman–Crippen LogP) is 6.89. The van der Waals surface area contributed by atoms with Gasteiger partial charge in [-0.2, -0.15) is 0 Å². The van der Waals surface area contributed by atoms with Gasteiger partial charge in [0.15, 0.2) is 0 Å². The third kappa shape index (κ3) is 5.86. The van der Waals surface area contributed by atoms with Gasteiger partial charge in [0.25, 0.3) is 0 Å². The Morgan fingerprint density at radius 1 is 0.880 bits per heavy atom. The summed E-state index contributed by atoms with van der Waals surface area (Å²) in [7, 11) is 0. The maximum Gasteiger partial charge on any atom is 0.127 e. The first-order chi connectivity index (χ1) is 12.2. The van der Waals surface area contributed by atoms with Crippen LogP contribution in [0.4, 0.5) is 0 Å². The molecule has 0 aliphatic rings. The van der Waals surface area contributed by atoms with Crippen molar-refractivity contribution in [3.63, 3.8) is 0 Å². The summed E-state index contributed by atoms with van der Waals surface area (Å²) in [4.78, 5) is 1.73. The number of hydrogen-bond donors (Lipinski definition) is 2. The second-order valence-corrected chi connectivity index (χ2v) is 7.09. The van der Waals surface area contributed by atoms with E-state index in [0.29, 0.717) is 0 Å². The van der Waals surface area contributed by atoms with Gasteiger partial charge in [0.1, 0.15) is 5.75 Å². The SMILES string of the molecule is CCCCOc1ccc(CCCC)cc1/C(S)=C(/S)c1ccccc1. The first-order valence-electron chi connectivity index (χ1n) is 9.11. The molecule has 0 spiro atoms. The van der Waals surface area contributed by atoms with Gasteiger partial charge in [0.05, 0.1) is 6.61 Å². The molecule has 0 unspecified atom stereocenters. The molecular weight excluding hydrogens is 344 g/mol. The van der Waals surface area contributed by atoms with Crippen molar-refractivity contribution in [2.24, 2.45) is 0 Å². The first-order valence-corrected chi connectivity index (χ1v) is 10.0. The fourth-order valence-electron chi connectivity index (χ4n) is 2.61. The Morgan fingerprint density at radius 2 is 1.60 bits per heavy atom. The van der Waals surface area contributed by atoms with Crippen molar-refractivity contribution in [2.45, 2.75) is 46.0 Å². The van der Waals surface area contributed by atoms with E-state index in [2.05, 4.69) is 44.2 Å². The normalized spacial score (nSPS) is 12.0. The Morgan fingerprint density at radius 3 is 2.28 bits per heavy atom. The van der Waals surface area contributed by atoms with Crippen LogP contribution >= 0.6 is 25.3 Å². The van der Waals surface area contributed by atoms with E-state index in [1.54, 1.807) is 0 Å². The molecule has 0 saturated heterocycles. The van der Waals surface area contributed by atoms with Crippen LogP contribution in [0.2, 0.25) is 0 Å². The Bertz CT molecular complexity index is 692. The highest BCUT2D eigenvalue weighted by molar-refractivity contribution is 7.96. The minimum atomic E-state index is 0.728. The molecule has 3 heteroatoms. The Labute approximate surface area is 163 Å². The van der Waals surface area contributed by atoms with Gasteiger partial charge >= 0.3 is 0 Å². The summed E-state index contributed by atoms with van der Waals surface area (Å²) in [5.41, 5.74) is 3.41. The third-order valence-electron chi connectivity index (χ3n) is 4.15. The predicted molar refractivity (Wildman–Crippen MR) is 117 cm³/mol. The number of thiol groups is 2. The largest absolute Gasteiger partial charge is 0.493 e. The summed E-state index contributed by atoms with van der Waals surface area (Å²) in [6, 6.07) is 16.6. The van der Waals surface area contributed by atoms with Crippen LogP contribution in [0.3, 0.4) is 0 Å². The lowest BCUT2D eigenvalue weighted by Crippen LogP contribution is -2.00. The zero-order chi connectivity index (χ0) is 18.1. The van der Waals surface area contributed by atoms with Crippen molar-refractivity contribution in [2.75, 3.05) is 6.61 Å². The number of benzene rings is 2. The molecular formula is C22H28OS2. The van der Waals surface area contributed by atoms with Crippen LogP contribution in [-0.4, -0.2) is 6.61 Å². The summed E-state index contributed by atoms with van der Waals surface area (Å²) < 4.78 is 6.03. The lowest BCUT2D eigenvalue weighted by Gasteiger charge is -2.15. The van der Waals surface area contributed by atoms with Gasteiger partial charge in [-0.25, -0.2) is 0 Å². The molecule has 0 radical (unpaired) electrons. The maximum absolute atomic E-state index is 6.03. The second kappa shape index (κ2) is 10.6. The molecule has 0 aromatic heterocycles. The van der Waals surface area contributed by atoms with E-state index in [9.17, 15) is 0 Å². The van der Waals surface area contributed by atoms with Gasteiger partial charge in [-0.1, -0.05) is 63.1 Å². The van der Waals surface area contributed by atoms with E-state index < -0.39 is 0 Å². The van der Waals surface area contributed by atoms with Crippen molar-refractivity contribution in [3.8, 4) is 5.75 Å². The van der Waals surface area contributed by atoms with E-state index in [1.807, 2.05) is 18.2 Å². The van der Waals surface area contributed by atoms with E-state index in [0.717, 1.165) is 52.6 Å². The Kier molecular flexibility index (Phi) is 8.50. The number of hydrogen-bond acceptors (Lipinski definition) is 3. The van der Waals surface area contributed by atoms with Crippen LogP contribution in [0.5, 0.6) is 5.75 Å². The van der Waals surface area contributed by atoms with Gasteiger partial charge < -0.3 is 4.74 Å². The molecule has 2 aromatic carbocycles. The average molecular weight is 373 g/mol. The minimum Gasteiger partial charge on any atom is -0.493 e. The number of aryl methyl sites for hydroxylation is 1. The highest BCUT2D eigenvalue weighted by atomic mass is 32.1. The lowest BCUT2D eigenvalue weighted by molar-refractivity contribution is 0.308. The van der Waals surface area contributed by atoms with Gasteiger partial charge in [-0.15, -0.1) is 25.3 Å². The van der Waals surface area contributed by atoms with Crippen LogP contribution in [0.25, 0.3) is 9.81 Å². The van der Waals surface area contributed by atoms with Gasteiger partial charge in [0.2, 0.25) is 0 Å². The molecule has 0 saturated carbocycles. The first kappa shape index (κ1) is 20.0. The zero-order valence-corrected chi connectivity index (χ0v) is 17.0. The van der Waals surface area contributed by atoms with Crippen LogP contribution < -0.4 is 4.74 Å². The summed E-state index contributed by atoms with van der Waals surface area (Å²) in [6.45, 7) is 5.11. The third-order valence-corrected chi connectivity index (χ3v) is 5.27. The van der Waals surface area contributed by atoms with Crippen LogP contribution in [0, 0.1) is 0 Å². The number of ether oxygens (including phenoxy) is 1. The average Bonchev–Trinajstić information content (AvgIpc) is 2.66. The molecule has 0 heterocycles. The fraction of sp³-hybridized carbons (Fsp3) is 0.364. The molecule has 0 aliphatic heterocycles. The highest BCUT2D eigenvalue weighted by Crippen LogP contribution is 2.37. The van der Waals surface area contributed by atoms with Crippen LogP contribution in [0.1, 0.15) is 56.2 Å². The Balaban J connectivity index is 2.39. The lowest BCUT2D eigenvalue weighted by atomic mass is 10.0. The minimum absolute atomic E-state index is 0.728. The quantitative estimate of drug-likeness (QED) is 0.277. The highest BCUT2D eigenvalue weighted by Gasteiger charge is 2.12. The maximum atomic E-state index is 6.03. The Hall–Kier alpha value is -1.32. The van der Waals surface area contributed by atoms with Crippen LogP contribution in [-0.2, 0) is 6.42 Å². The summed E-state index contributed by atoms with van der Waals surface area (Å²) in [5, 5.41) is 0. The molecule has 0 bridgehead atoms. The zero-order valence-electron chi connectivity index (χ0n) is 15.2. The molecule has 1 nitrogen and oxygen atoms in total.